The summed E-state index contributed by atoms with van der Waals surface area (Å²) in [6.07, 6.45) is 5.15. The second kappa shape index (κ2) is 5.79. The molecule has 0 radical (unpaired) electrons. The van der Waals surface area contributed by atoms with Crippen molar-refractivity contribution in [3.8, 4) is 0 Å². The van der Waals surface area contributed by atoms with E-state index in [0.29, 0.717) is 0 Å². The lowest BCUT2D eigenvalue weighted by Gasteiger charge is -2.06. The van der Waals surface area contributed by atoms with Gasteiger partial charge in [0.1, 0.15) is 5.82 Å². The minimum absolute atomic E-state index is 0.0195. The van der Waals surface area contributed by atoms with E-state index in [0.717, 1.165) is 30.4 Å². The summed E-state index contributed by atoms with van der Waals surface area (Å²) in [7, 11) is 0. The Morgan fingerprint density at radius 2 is 1.79 bits per heavy atom. The van der Waals surface area contributed by atoms with Crippen LogP contribution in [0.25, 0.3) is 0 Å². The van der Waals surface area contributed by atoms with Gasteiger partial charge >= 0.3 is 0 Å². The number of hydrogen-bond donors (Lipinski definition) is 0. The lowest BCUT2D eigenvalue weighted by molar-refractivity contribution is 0.585. The third-order valence-corrected chi connectivity index (χ3v) is 2.59. The average molecular weight is 194 g/mol. The molecule has 0 aliphatic heterocycles. The van der Waals surface area contributed by atoms with E-state index in [4.69, 9.17) is 0 Å². The van der Waals surface area contributed by atoms with Crippen molar-refractivity contribution in [1.82, 2.24) is 0 Å². The molecule has 0 saturated heterocycles. The van der Waals surface area contributed by atoms with Crippen LogP contribution in [0.15, 0.2) is 18.2 Å². The maximum atomic E-state index is 13.7. The molecule has 0 atom stereocenters. The SMILES string of the molecule is CCCCCc1cccc(CC)c1F. The van der Waals surface area contributed by atoms with Gasteiger partial charge in [-0.05, 0) is 30.4 Å². The van der Waals surface area contributed by atoms with Crippen LogP contribution in [-0.4, -0.2) is 0 Å². The van der Waals surface area contributed by atoms with E-state index in [-0.39, 0.29) is 5.82 Å². The Bertz CT molecular complexity index is 279. The van der Waals surface area contributed by atoms with E-state index in [1.165, 1.54) is 12.8 Å². The van der Waals surface area contributed by atoms with Crippen molar-refractivity contribution in [2.24, 2.45) is 0 Å². The number of rotatable bonds is 5. The third kappa shape index (κ3) is 2.83. The molecule has 0 bridgehead atoms. The minimum Gasteiger partial charge on any atom is -0.206 e. The second-order valence-corrected chi connectivity index (χ2v) is 3.70. The molecule has 14 heavy (non-hydrogen) atoms. The molecule has 78 valence electrons. The molecule has 0 fully saturated rings. The van der Waals surface area contributed by atoms with Crippen molar-refractivity contribution >= 4 is 0 Å². The highest BCUT2D eigenvalue weighted by Crippen LogP contribution is 2.16. The molecule has 1 aromatic rings. The van der Waals surface area contributed by atoms with Crippen LogP contribution in [0.5, 0.6) is 0 Å². The fourth-order valence-corrected chi connectivity index (χ4v) is 1.66. The minimum atomic E-state index is 0.0195. The Kier molecular flexibility index (Phi) is 4.64. The van der Waals surface area contributed by atoms with E-state index in [1.54, 1.807) is 0 Å². The molecular weight excluding hydrogens is 175 g/mol. The highest BCUT2D eigenvalue weighted by Gasteiger charge is 2.05. The number of benzene rings is 1. The first-order valence-electron chi connectivity index (χ1n) is 5.55. The van der Waals surface area contributed by atoms with Crippen LogP contribution in [0.2, 0.25) is 0 Å². The van der Waals surface area contributed by atoms with Crippen molar-refractivity contribution in [3.63, 3.8) is 0 Å². The molecule has 1 aromatic carbocycles. The summed E-state index contributed by atoms with van der Waals surface area (Å²) in [5.41, 5.74) is 1.73. The quantitative estimate of drug-likeness (QED) is 0.618. The molecule has 0 heterocycles. The van der Waals surface area contributed by atoms with Gasteiger partial charge in [-0.3, -0.25) is 0 Å². The van der Waals surface area contributed by atoms with Gasteiger partial charge in [-0.25, -0.2) is 4.39 Å². The fraction of sp³-hybridized carbons (Fsp3) is 0.538. The first-order valence-corrected chi connectivity index (χ1v) is 5.55. The Balaban J connectivity index is 2.66. The van der Waals surface area contributed by atoms with E-state index >= 15 is 0 Å². The first kappa shape index (κ1) is 11.2. The van der Waals surface area contributed by atoms with Gasteiger partial charge in [0, 0.05) is 0 Å². The Labute approximate surface area is 86.2 Å². The van der Waals surface area contributed by atoms with Crippen LogP contribution in [0.4, 0.5) is 4.39 Å². The van der Waals surface area contributed by atoms with Crippen LogP contribution in [0, 0.1) is 5.82 Å². The van der Waals surface area contributed by atoms with Gasteiger partial charge in [0.2, 0.25) is 0 Å². The largest absolute Gasteiger partial charge is 0.206 e. The molecule has 0 aliphatic rings. The molecule has 0 N–H and O–H groups in total. The summed E-state index contributed by atoms with van der Waals surface area (Å²) in [6.45, 7) is 4.16. The summed E-state index contributed by atoms with van der Waals surface area (Å²) in [5, 5.41) is 0. The highest BCUT2D eigenvalue weighted by atomic mass is 19.1. The van der Waals surface area contributed by atoms with E-state index in [2.05, 4.69) is 6.92 Å². The molecule has 0 nitrogen and oxygen atoms in total. The molecule has 0 spiro atoms. The molecule has 0 unspecified atom stereocenters. The van der Waals surface area contributed by atoms with Gasteiger partial charge in [0.15, 0.2) is 0 Å². The zero-order chi connectivity index (χ0) is 10.4. The summed E-state index contributed by atoms with van der Waals surface area (Å²) in [4.78, 5) is 0. The summed E-state index contributed by atoms with van der Waals surface area (Å²) in [6, 6.07) is 5.74. The summed E-state index contributed by atoms with van der Waals surface area (Å²) >= 11 is 0. The number of hydrogen-bond acceptors (Lipinski definition) is 0. The summed E-state index contributed by atoms with van der Waals surface area (Å²) < 4.78 is 13.7. The molecule has 0 aromatic heterocycles. The topological polar surface area (TPSA) is 0 Å². The molecule has 0 saturated carbocycles. The predicted octanol–water partition coefficient (Wildman–Crippen LogP) is 4.12. The number of halogens is 1. The van der Waals surface area contributed by atoms with Crippen molar-refractivity contribution in [2.45, 2.75) is 46.0 Å². The lowest BCUT2D eigenvalue weighted by atomic mass is 10.0. The smallest absolute Gasteiger partial charge is 0.129 e. The molecular formula is C13H19F. The normalized spacial score (nSPS) is 10.5. The fourth-order valence-electron chi connectivity index (χ4n) is 1.66. The van der Waals surface area contributed by atoms with Crippen molar-refractivity contribution in [1.29, 1.82) is 0 Å². The van der Waals surface area contributed by atoms with Crippen molar-refractivity contribution in [3.05, 3.63) is 35.1 Å². The van der Waals surface area contributed by atoms with E-state index in [9.17, 15) is 4.39 Å². The Morgan fingerprint density at radius 1 is 1.07 bits per heavy atom. The van der Waals surface area contributed by atoms with E-state index in [1.807, 2.05) is 25.1 Å². The van der Waals surface area contributed by atoms with Gasteiger partial charge < -0.3 is 0 Å². The molecule has 0 amide bonds. The zero-order valence-electron chi connectivity index (χ0n) is 9.15. The number of aryl methyl sites for hydroxylation is 2. The van der Waals surface area contributed by atoms with Gasteiger partial charge in [-0.15, -0.1) is 0 Å². The third-order valence-electron chi connectivity index (χ3n) is 2.59. The van der Waals surface area contributed by atoms with Crippen molar-refractivity contribution < 1.29 is 4.39 Å². The average Bonchev–Trinajstić information content (AvgIpc) is 2.21. The molecule has 1 rings (SSSR count). The van der Waals surface area contributed by atoms with Gasteiger partial charge in [0.05, 0.1) is 0 Å². The van der Waals surface area contributed by atoms with Crippen LogP contribution in [0.1, 0.15) is 44.2 Å². The van der Waals surface area contributed by atoms with Gasteiger partial charge in [-0.1, -0.05) is 44.9 Å². The maximum absolute atomic E-state index is 13.7. The second-order valence-electron chi connectivity index (χ2n) is 3.70. The zero-order valence-corrected chi connectivity index (χ0v) is 9.15. The maximum Gasteiger partial charge on any atom is 0.129 e. The molecule has 1 heteroatoms. The van der Waals surface area contributed by atoms with Gasteiger partial charge in [0.25, 0.3) is 0 Å². The van der Waals surface area contributed by atoms with Crippen molar-refractivity contribution in [2.75, 3.05) is 0 Å². The van der Waals surface area contributed by atoms with Crippen LogP contribution in [-0.2, 0) is 12.8 Å². The van der Waals surface area contributed by atoms with E-state index < -0.39 is 0 Å². The van der Waals surface area contributed by atoms with Crippen LogP contribution < -0.4 is 0 Å². The standard InChI is InChI=1S/C13H19F/c1-3-5-6-8-12-10-7-9-11(4-2)13(12)14/h7,9-10H,3-6,8H2,1-2H3. The number of unbranched alkanes of at least 4 members (excludes halogenated alkanes) is 2. The van der Waals surface area contributed by atoms with Gasteiger partial charge in [-0.2, -0.15) is 0 Å². The lowest BCUT2D eigenvalue weighted by Crippen LogP contribution is -1.95. The Hall–Kier alpha value is -0.850. The molecule has 0 aliphatic carbocycles. The summed E-state index contributed by atoms with van der Waals surface area (Å²) in [5.74, 6) is 0.0195. The monoisotopic (exact) mass is 194 g/mol. The predicted molar refractivity (Wildman–Crippen MR) is 59.0 cm³/mol. The highest BCUT2D eigenvalue weighted by molar-refractivity contribution is 5.26. The van der Waals surface area contributed by atoms with Crippen LogP contribution >= 0.6 is 0 Å². The first-order chi connectivity index (χ1) is 6.79. The Morgan fingerprint density at radius 3 is 2.43 bits per heavy atom. The van der Waals surface area contributed by atoms with Crippen LogP contribution in [0.3, 0.4) is 0 Å².